The van der Waals surface area contributed by atoms with Gasteiger partial charge < -0.3 is 29.3 Å². The van der Waals surface area contributed by atoms with Crippen molar-refractivity contribution < 1.29 is 34.0 Å². The lowest BCUT2D eigenvalue weighted by Crippen LogP contribution is -2.38. The van der Waals surface area contributed by atoms with Gasteiger partial charge in [0.25, 0.3) is 11.7 Å². The van der Waals surface area contributed by atoms with Gasteiger partial charge in [0.05, 0.1) is 44.6 Å². The number of hydrogen-bond donors (Lipinski definition) is 2. The smallest absolute Gasteiger partial charge is 0.295 e. The molecular weight excluding hydrogens is 488 g/mol. The van der Waals surface area contributed by atoms with Crippen molar-refractivity contribution in [2.45, 2.75) is 12.5 Å². The van der Waals surface area contributed by atoms with E-state index in [0.717, 1.165) is 19.6 Å². The van der Waals surface area contributed by atoms with Crippen LogP contribution in [0.25, 0.3) is 5.76 Å². The minimum absolute atomic E-state index is 0.0284. The third kappa shape index (κ3) is 5.13. The minimum atomic E-state index is -0.895. The second-order valence-corrected chi connectivity index (χ2v) is 9.01. The SMILES string of the molecule is COc1ccc([C@@H]2C(=C(O)c3cc(Cl)ccc3O)C(=O)C(=O)N2CCCN2CCOCC2)cc1OC. The third-order valence-corrected chi connectivity index (χ3v) is 6.69. The molecule has 0 aliphatic carbocycles. The van der Waals surface area contributed by atoms with Crippen molar-refractivity contribution in [2.24, 2.45) is 0 Å². The van der Waals surface area contributed by atoms with E-state index in [-0.39, 0.29) is 21.9 Å². The predicted molar refractivity (Wildman–Crippen MR) is 134 cm³/mol. The van der Waals surface area contributed by atoms with Gasteiger partial charge in [-0.2, -0.15) is 0 Å². The van der Waals surface area contributed by atoms with E-state index in [4.69, 9.17) is 25.8 Å². The van der Waals surface area contributed by atoms with Gasteiger partial charge in [-0.15, -0.1) is 0 Å². The van der Waals surface area contributed by atoms with E-state index in [9.17, 15) is 19.8 Å². The minimum Gasteiger partial charge on any atom is -0.507 e. The maximum Gasteiger partial charge on any atom is 0.295 e. The van der Waals surface area contributed by atoms with Crippen molar-refractivity contribution in [3.63, 3.8) is 0 Å². The van der Waals surface area contributed by atoms with Crippen molar-refractivity contribution in [1.29, 1.82) is 0 Å². The lowest BCUT2D eigenvalue weighted by molar-refractivity contribution is -0.140. The van der Waals surface area contributed by atoms with Crippen LogP contribution in [-0.4, -0.2) is 85.3 Å². The molecule has 36 heavy (non-hydrogen) atoms. The fourth-order valence-electron chi connectivity index (χ4n) is 4.61. The number of amides is 1. The lowest BCUT2D eigenvalue weighted by Gasteiger charge is -2.29. The highest BCUT2D eigenvalue weighted by Gasteiger charge is 2.46. The summed E-state index contributed by atoms with van der Waals surface area (Å²) in [6.45, 7) is 3.98. The lowest BCUT2D eigenvalue weighted by atomic mass is 9.94. The van der Waals surface area contributed by atoms with Crippen molar-refractivity contribution in [1.82, 2.24) is 9.80 Å². The van der Waals surface area contributed by atoms with Gasteiger partial charge in [0, 0.05) is 31.2 Å². The van der Waals surface area contributed by atoms with Gasteiger partial charge in [0.1, 0.15) is 11.5 Å². The van der Waals surface area contributed by atoms with Gasteiger partial charge in [0.15, 0.2) is 11.5 Å². The molecule has 1 amide bonds. The van der Waals surface area contributed by atoms with Crippen LogP contribution in [0.1, 0.15) is 23.6 Å². The summed E-state index contributed by atoms with van der Waals surface area (Å²) in [5, 5.41) is 21.8. The summed E-state index contributed by atoms with van der Waals surface area (Å²) in [5.74, 6) is -1.42. The predicted octanol–water partition coefficient (Wildman–Crippen LogP) is 3.21. The first kappa shape index (κ1) is 25.8. The monoisotopic (exact) mass is 516 g/mol. The van der Waals surface area contributed by atoms with Crippen LogP contribution in [0, 0.1) is 0 Å². The van der Waals surface area contributed by atoms with Crippen LogP contribution in [0.15, 0.2) is 42.0 Å². The van der Waals surface area contributed by atoms with Gasteiger partial charge in [-0.05, 0) is 42.3 Å². The molecular formula is C26H29ClN2O7. The maximum atomic E-state index is 13.2. The van der Waals surface area contributed by atoms with Crippen LogP contribution in [0.2, 0.25) is 5.02 Å². The number of rotatable bonds is 8. The Morgan fingerprint density at radius 2 is 1.78 bits per heavy atom. The highest BCUT2D eigenvalue weighted by molar-refractivity contribution is 6.46. The molecule has 0 unspecified atom stereocenters. The highest BCUT2D eigenvalue weighted by atomic mass is 35.5. The summed E-state index contributed by atoms with van der Waals surface area (Å²) in [6.07, 6.45) is 0.624. The molecule has 9 nitrogen and oxygen atoms in total. The molecule has 0 spiro atoms. The number of aliphatic hydroxyl groups is 1. The number of nitrogens with zero attached hydrogens (tertiary/aromatic N) is 2. The Morgan fingerprint density at radius 1 is 1.06 bits per heavy atom. The number of ketones is 1. The first-order chi connectivity index (χ1) is 17.3. The Balaban J connectivity index is 1.75. The fourth-order valence-corrected chi connectivity index (χ4v) is 4.78. The van der Waals surface area contributed by atoms with Crippen LogP contribution >= 0.6 is 11.6 Å². The second kappa shape index (κ2) is 11.2. The molecule has 0 saturated carbocycles. The zero-order valence-corrected chi connectivity index (χ0v) is 21.0. The first-order valence-corrected chi connectivity index (χ1v) is 12.0. The van der Waals surface area contributed by atoms with Gasteiger partial charge in [0.2, 0.25) is 0 Å². The molecule has 2 aliphatic heterocycles. The van der Waals surface area contributed by atoms with Gasteiger partial charge in [-0.1, -0.05) is 17.7 Å². The number of ether oxygens (including phenoxy) is 3. The van der Waals surface area contributed by atoms with Crippen LogP contribution in [0.3, 0.4) is 0 Å². The summed E-state index contributed by atoms with van der Waals surface area (Å²) in [7, 11) is 3.00. The Kier molecular flexibility index (Phi) is 8.03. The quantitative estimate of drug-likeness (QED) is 0.313. The molecule has 2 aromatic rings. The van der Waals surface area contributed by atoms with E-state index in [1.807, 2.05) is 0 Å². The Labute approximate surface area is 214 Å². The van der Waals surface area contributed by atoms with E-state index in [1.54, 1.807) is 18.2 Å². The zero-order valence-electron chi connectivity index (χ0n) is 20.2. The summed E-state index contributed by atoms with van der Waals surface area (Å²) in [5.41, 5.74) is 0.400. The number of hydrogen-bond acceptors (Lipinski definition) is 8. The fraction of sp³-hybridized carbons (Fsp3) is 0.385. The number of aromatic hydroxyl groups is 1. The molecule has 2 aliphatic rings. The summed E-state index contributed by atoms with van der Waals surface area (Å²) < 4.78 is 16.2. The molecule has 10 heteroatoms. The molecule has 2 N–H and O–H groups in total. The molecule has 0 radical (unpaired) electrons. The Morgan fingerprint density at radius 3 is 2.47 bits per heavy atom. The highest BCUT2D eigenvalue weighted by Crippen LogP contribution is 2.43. The van der Waals surface area contributed by atoms with Crippen molar-refractivity contribution in [3.05, 3.63) is 58.1 Å². The number of aliphatic hydroxyl groups excluding tert-OH is 1. The average molecular weight is 517 g/mol. The standard InChI is InChI=1S/C26H29ClN2O7/c1-34-20-7-4-16(14-21(20)35-2)23-22(24(31)18-15-17(27)5-6-19(18)30)25(32)26(33)29(23)9-3-8-28-10-12-36-13-11-28/h4-7,14-15,23,30-31H,3,8-13H2,1-2H3/t23-/m1/s1. The van der Waals surface area contributed by atoms with Gasteiger partial charge >= 0.3 is 0 Å². The summed E-state index contributed by atoms with van der Waals surface area (Å²) >= 11 is 6.08. The summed E-state index contributed by atoms with van der Waals surface area (Å²) in [4.78, 5) is 30.1. The number of benzene rings is 2. The van der Waals surface area contributed by atoms with E-state index in [1.165, 1.54) is 37.3 Å². The molecule has 0 bridgehead atoms. The van der Waals surface area contributed by atoms with E-state index < -0.39 is 23.5 Å². The topological polar surface area (TPSA) is 109 Å². The number of carbonyl (C=O) groups excluding carboxylic acids is 2. The number of morpholine rings is 1. The third-order valence-electron chi connectivity index (χ3n) is 6.45. The number of carbonyl (C=O) groups is 2. The van der Waals surface area contributed by atoms with E-state index in [2.05, 4.69) is 4.90 Å². The number of phenols is 1. The Hall–Kier alpha value is -3.27. The molecule has 4 rings (SSSR count). The van der Waals surface area contributed by atoms with Crippen LogP contribution < -0.4 is 9.47 Å². The summed E-state index contributed by atoms with van der Waals surface area (Å²) in [6, 6.07) is 8.31. The van der Waals surface area contributed by atoms with Crippen LogP contribution in [0.5, 0.6) is 17.2 Å². The van der Waals surface area contributed by atoms with Crippen LogP contribution in [-0.2, 0) is 14.3 Å². The van der Waals surface area contributed by atoms with Crippen LogP contribution in [0.4, 0.5) is 0 Å². The van der Waals surface area contributed by atoms with Gasteiger partial charge in [-0.25, -0.2) is 0 Å². The Bertz CT molecular complexity index is 1180. The van der Waals surface area contributed by atoms with Crippen molar-refractivity contribution in [2.75, 3.05) is 53.6 Å². The average Bonchev–Trinajstić information content (AvgIpc) is 3.15. The molecule has 1 atom stereocenters. The zero-order chi connectivity index (χ0) is 25.8. The molecule has 192 valence electrons. The van der Waals surface area contributed by atoms with Crippen molar-refractivity contribution >= 4 is 29.1 Å². The number of phenolic OH excluding ortho intramolecular Hbond substituents is 1. The number of Topliss-reactive ketones (excluding diaryl/α,β-unsaturated/α-hetero) is 1. The molecule has 2 heterocycles. The molecule has 0 aromatic heterocycles. The normalized spacial score (nSPS) is 20.1. The van der Waals surface area contributed by atoms with Crippen molar-refractivity contribution in [3.8, 4) is 17.2 Å². The molecule has 2 aromatic carbocycles. The van der Waals surface area contributed by atoms with E-state index >= 15 is 0 Å². The number of likely N-dealkylation sites (tertiary alicyclic amines) is 1. The number of methoxy groups -OCH3 is 2. The molecule has 2 saturated heterocycles. The second-order valence-electron chi connectivity index (χ2n) is 8.58. The van der Waals surface area contributed by atoms with Gasteiger partial charge in [-0.3, -0.25) is 14.5 Å². The largest absolute Gasteiger partial charge is 0.507 e. The maximum absolute atomic E-state index is 13.2. The first-order valence-electron chi connectivity index (χ1n) is 11.6. The van der Waals surface area contributed by atoms with E-state index in [0.29, 0.717) is 43.2 Å². The molecule has 2 fully saturated rings. The number of halogens is 1.